The highest BCUT2D eigenvalue weighted by atomic mass is 16.3. The first-order valence-corrected chi connectivity index (χ1v) is 5.40. The average molecular weight is 220 g/mol. The Morgan fingerprint density at radius 2 is 2.12 bits per heavy atom. The molecule has 1 amide bonds. The Hall–Kier alpha value is -1.39. The summed E-state index contributed by atoms with van der Waals surface area (Å²) in [5.74, 6) is -0.411. The van der Waals surface area contributed by atoms with Crippen molar-refractivity contribution < 1.29 is 9.90 Å². The van der Waals surface area contributed by atoms with Gasteiger partial charge in [-0.25, -0.2) is 0 Å². The third-order valence-electron chi connectivity index (χ3n) is 3.09. The molecule has 0 aromatic heterocycles. The highest BCUT2D eigenvalue weighted by molar-refractivity contribution is 5.94. The van der Waals surface area contributed by atoms with Crippen molar-refractivity contribution in [1.29, 1.82) is 0 Å². The zero-order chi connectivity index (χ0) is 11.6. The van der Waals surface area contributed by atoms with Crippen LogP contribution in [0.4, 0.5) is 0 Å². The SMILES string of the molecule is NC(=O)c1ccccc1CNC1(CO)CC1. The molecule has 86 valence electrons. The molecule has 0 radical (unpaired) electrons. The molecule has 0 spiro atoms. The lowest BCUT2D eigenvalue weighted by Crippen LogP contribution is -2.34. The molecule has 1 aliphatic carbocycles. The van der Waals surface area contributed by atoms with E-state index in [1.807, 2.05) is 12.1 Å². The van der Waals surface area contributed by atoms with Crippen LogP contribution in [0, 0.1) is 0 Å². The number of carbonyl (C=O) groups is 1. The first kappa shape index (κ1) is 11.1. The maximum Gasteiger partial charge on any atom is 0.249 e. The lowest BCUT2D eigenvalue weighted by Gasteiger charge is -2.15. The minimum Gasteiger partial charge on any atom is -0.394 e. The first-order chi connectivity index (χ1) is 7.67. The number of nitrogens with one attached hydrogen (secondary N) is 1. The average Bonchev–Trinajstić information content (AvgIpc) is 3.07. The number of hydrogen-bond donors (Lipinski definition) is 3. The van der Waals surface area contributed by atoms with Crippen LogP contribution in [0.3, 0.4) is 0 Å². The van der Waals surface area contributed by atoms with Crippen LogP contribution in [0.1, 0.15) is 28.8 Å². The summed E-state index contributed by atoms with van der Waals surface area (Å²) in [6.45, 7) is 0.714. The molecular weight excluding hydrogens is 204 g/mol. The minimum absolute atomic E-state index is 0.120. The number of primary amides is 1. The summed E-state index contributed by atoms with van der Waals surface area (Å²) in [4.78, 5) is 11.2. The lowest BCUT2D eigenvalue weighted by molar-refractivity contribution is 0.0999. The normalized spacial score (nSPS) is 17.1. The number of carbonyl (C=O) groups excluding carboxylic acids is 1. The third kappa shape index (κ3) is 2.23. The van der Waals surface area contributed by atoms with E-state index in [9.17, 15) is 4.79 Å². The van der Waals surface area contributed by atoms with Gasteiger partial charge in [0.2, 0.25) is 5.91 Å². The summed E-state index contributed by atoms with van der Waals surface area (Å²) in [7, 11) is 0. The van der Waals surface area contributed by atoms with Gasteiger partial charge in [0.15, 0.2) is 0 Å². The molecule has 0 bridgehead atoms. The van der Waals surface area contributed by atoms with Crippen molar-refractivity contribution in [3.05, 3.63) is 35.4 Å². The van der Waals surface area contributed by atoms with Gasteiger partial charge in [0, 0.05) is 17.6 Å². The van der Waals surface area contributed by atoms with Crippen LogP contribution >= 0.6 is 0 Å². The van der Waals surface area contributed by atoms with E-state index in [2.05, 4.69) is 5.32 Å². The van der Waals surface area contributed by atoms with E-state index in [0.29, 0.717) is 12.1 Å². The monoisotopic (exact) mass is 220 g/mol. The first-order valence-electron chi connectivity index (χ1n) is 5.40. The Bertz CT molecular complexity index is 400. The van der Waals surface area contributed by atoms with E-state index < -0.39 is 5.91 Å². The van der Waals surface area contributed by atoms with Crippen molar-refractivity contribution in [3.63, 3.8) is 0 Å². The molecular formula is C12H16N2O2. The van der Waals surface area contributed by atoms with E-state index in [1.54, 1.807) is 12.1 Å². The van der Waals surface area contributed by atoms with Crippen LogP contribution < -0.4 is 11.1 Å². The van der Waals surface area contributed by atoms with Gasteiger partial charge in [0.05, 0.1) is 6.61 Å². The van der Waals surface area contributed by atoms with Gasteiger partial charge >= 0.3 is 0 Å². The molecule has 16 heavy (non-hydrogen) atoms. The number of benzene rings is 1. The van der Waals surface area contributed by atoms with Gasteiger partial charge in [-0.2, -0.15) is 0 Å². The van der Waals surface area contributed by atoms with Crippen LogP contribution in [0.15, 0.2) is 24.3 Å². The van der Waals surface area contributed by atoms with Crippen LogP contribution in [-0.2, 0) is 6.54 Å². The van der Waals surface area contributed by atoms with Crippen molar-refractivity contribution in [3.8, 4) is 0 Å². The van der Waals surface area contributed by atoms with Crippen LogP contribution in [0.5, 0.6) is 0 Å². The molecule has 0 heterocycles. The molecule has 4 heteroatoms. The van der Waals surface area contributed by atoms with E-state index in [-0.39, 0.29) is 12.1 Å². The Morgan fingerprint density at radius 3 is 2.69 bits per heavy atom. The Labute approximate surface area is 94.5 Å². The van der Waals surface area contributed by atoms with Gasteiger partial charge in [-0.3, -0.25) is 4.79 Å². The molecule has 2 rings (SSSR count). The Morgan fingerprint density at radius 1 is 1.44 bits per heavy atom. The van der Waals surface area contributed by atoms with Gasteiger partial charge < -0.3 is 16.2 Å². The second kappa shape index (κ2) is 4.23. The highest BCUT2D eigenvalue weighted by Crippen LogP contribution is 2.34. The fourth-order valence-electron chi connectivity index (χ4n) is 1.74. The van der Waals surface area contributed by atoms with Crippen LogP contribution in [-0.4, -0.2) is 23.2 Å². The maximum atomic E-state index is 11.2. The number of amides is 1. The van der Waals surface area contributed by atoms with E-state index in [0.717, 1.165) is 18.4 Å². The van der Waals surface area contributed by atoms with Gasteiger partial charge in [-0.1, -0.05) is 18.2 Å². The van der Waals surface area contributed by atoms with Gasteiger partial charge in [-0.05, 0) is 24.5 Å². The number of aliphatic hydroxyl groups is 1. The summed E-state index contributed by atoms with van der Waals surface area (Å²) >= 11 is 0. The smallest absolute Gasteiger partial charge is 0.249 e. The number of aliphatic hydroxyl groups excluding tert-OH is 1. The largest absolute Gasteiger partial charge is 0.394 e. The molecule has 0 saturated heterocycles. The van der Waals surface area contributed by atoms with Gasteiger partial charge in [0.25, 0.3) is 0 Å². The molecule has 0 atom stereocenters. The lowest BCUT2D eigenvalue weighted by atomic mass is 10.1. The second-order valence-electron chi connectivity index (χ2n) is 4.31. The van der Waals surface area contributed by atoms with Crippen molar-refractivity contribution in [2.24, 2.45) is 5.73 Å². The van der Waals surface area contributed by atoms with E-state index in [4.69, 9.17) is 10.8 Å². The molecule has 1 aromatic rings. The van der Waals surface area contributed by atoms with Crippen LogP contribution in [0.2, 0.25) is 0 Å². The fourth-order valence-corrected chi connectivity index (χ4v) is 1.74. The summed E-state index contributed by atoms with van der Waals surface area (Å²) in [6.07, 6.45) is 1.98. The third-order valence-corrected chi connectivity index (χ3v) is 3.09. The minimum atomic E-state index is -0.411. The predicted molar refractivity (Wildman–Crippen MR) is 60.9 cm³/mol. The second-order valence-corrected chi connectivity index (χ2v) is 4.31. The number of nitrogens with two attached hydrogens (primary N) is 1. The summed E-state index contributed by atoms with van der Waals surface area (Å²) in [5.41, 5.74) is 6.59. The maximum absolute atomic E-state index is 11.2. The van der Waals surface area contributed by atoms with Gasteiger partial charge in [-0.15, -0.1) is 0 Å². The molecule has 0 unspecified atom stereocenters. The summed E-state index contributed by atoms with van der Waals surface area (Å²) in [6, 6.07) is 7.27. The van der Waals surface area contributed by atoms with Crippen molar-refractivity contribution in [2.75, 3.05) is 6.61 Å². The zero-order valence-corrected chi connectivity index (χ0v) is 9.07. The van der Waals surface area contributed by atoms with Crippen molar-refractivity contribution >= 4 is 5.91 Å². The molecule has 1 saturated carbocycles. The van der Waals surface area contributed by atoms with E-state index >= 15 is 0 Å². The Balaban J connectivity index is 2.06. The molecule has 1 aliphatic rings. The summed E-state index contributed by atoms with van der Waals surface area (Å²) < 4.78 is 0. The molecule has 4 nitrogen and oxygen atoms in total. The topological polar surface area (TPSA) is 75.4 Å². The number of rotatable bonds is 5. The molecule has 1 fully saturated rings. The van der Waals surface area contributed by atoms with Crippen molar-refractivity contribution in [2.45, 2.75) is 24.9 Å². The Kier molecular flexibility index (Phi) is 2.94. The molecule has 4 N–H and O–H groups in total. The predicted octanol–water partition coefficient (Wildman–Crippen LogP) is 0.400. The highest BCUT2D eigenvalue weighted by Gasteiger charge is 2.41. The van der Waals surface area contributed by atoms with E-state index in [1.165, 1.54) is 0 Å². The van der Waals surface area contributed by atoms with Crippen LogP contribution in [0.25, 0.3) is 0 Å². The van der Waals surface area contributed by atoms with Gasteiger partial charge in [0.1, 0.15) is 0 Å². The quantitative estimate of drug-likeness (QED) is 0.672. The fraction of sp³-hybridized carbons (Fsp3) is 0.417. The molecule has 0 aliphatic heterocycles. The van der Waals surface area contributed by atoms with Crippen molar-refractivity contribution in [1.82, 2.24) is 5.32 Å². The zero-order valence-electron chi connectivity index (χ0n) is 9.07. The standard InChI is InChI=1S/C12H16N2O2/c13-11(16)10-4-2-1-3-9(10)7-14-12(8-15)5-6-12/h1-4,14-15H,5-8H2,(H2,13,16). The summed E-state index contributed by atoms with van der Waals surface area (Å²) in [5, 5.41) is 12.4. The number of hydrogen-bond acceptors (Lipinski definition) is 3. The molecule has 1 aromatic carbocycles.